The first-order valence-corrected chi connectivity index (χ1v) is 8.82. The van der Waals surface area contributed by atoms with E-state index >= 15 is 0 Å². The summed E-state index contributed by atoms with van der Waals surface area (Å²) in [6.45, 7) is 2.58. The molecule has 2 rings (SSSR count). The molecule has 1 amide bonds. The van der Waals surface area contributed by atoms with Crippen LogP contribution in [0.4, 0.5) is 5.69 Å². The lowest BCUT2D eigenvalue weighted by Gasteiger charge is -2.36. The topological polar surface area (TPSA) is 83.7 Å². The van der Waals surface area contributed by atoms with Crippen molar-refractivity contribution >= 4 is 21.4 Å². The number of carbonyl (C=O) groups excluding carboxylic acids is 1. The SMILES string of the molecule is NCCS(=O)(=O)CC(=O)N1CCN(c2ccccc2)CC1. The Kier molecular flexibility index (Phi) is 5.19. The number of carbonyl (C=O) groups is 1. The molecule has 0 radical (unpaired) electrons. The number of nitrogens with zero attached hydrogens (tertiary/aromatic N) is 2. The summed E-state index contributed by atoms with van der Waals surface area (Å²) in [5.74, 6) is -0.894. The van der Waals surface area contributed by atoms with E-state index in [1.54, 1.807) is 4.90 Å². The second-order valence-electron chi connectivity index (χ2n) is 5.08. The molecule has 6 nitrogen and oxygen atoms in total. The van der Waals surface area contributed by atoms with Gasteiger partial charge < -0.3 is 15.5 Å². The number of piperazine rings is 1. The van der Waals surface area contributed by atoms with Crippen LogP contribution in [0.15, 0.2) is 30.3 Å². The monoisotopic (exact) mass is 311 g/mol. The summed E-state index contributed by atoms with van der Waals surface area (Å²) >= 11 is 0. The van der Waals surface area contributed by atoms with Crippen LogP contribution in [0.3, 0.4) is 0 Å². The molecule has 116 valence electrons. The summed E-state index contributed by atoms with van der Waals surface area (Å²) in [6.07, 6.45) is 0. The number of anilines is 1. The van der Waals surface area contributed by atoms with Gasteiger partial charge in [0.25, 0.3) is 0 Å². The lowest BCUT2D eigenvalue weighted by atomic mass is 10.2. The fourth-order valence-electron chi connectivity index (χ4n) is 2.38. The molecule has 0 spiro atoms. The molecule has 21 heavy (non-hydrogen) atoms. The molecule has 7 heteroatoms. The van der Waals surface area contributed by atoms with Gasteiger partial charge in [-0.15, -0.1) is 0 Å². The maximum atomic E-state index is 12.0. The Labute approximate surface area is 125 Å². The molecule has 2 N–H and O–H groups in total. The zero-order chi connectivity index (χ0) is 15.3. The zero-order valence-electron chi connectivity index (χ0n) is 11.9. The number of nitrogens with two attached hydrogens (primary N) is 1. The lowest BCUT2D eigenvalue weighted by molar-refractivity contribution is -0.128. The number of para-hydroxylation sites is 1. The van der Waals surface area contributed by atoms with Gasteiger partial charge in [-0.2, -0.15) is 0 Å². The van der Waals surface area contributed by atoms with Crippen LogP contribution >= 0.6 is 0 Å². The number of hydrogen-bond acceptors (Lipinski definition) is 5. The van der Waals surface area contributed by atoms with E-state index < -0.39 is 15.6 Å². The molecule has 1 aliphatic rings. The highest BCUT2D eigenvalue weighted by Gasteiger charge is 2.25. The molecular formula is C14H21N3O3S. The number of benzene rings is 1. The van der Waals surface area contributed by atoms with Crippen LogP contribution in [0.1, 0.15) is 0 Å². The van der Waals surface area contributed by atoms with Gasteiger partial charge in [-0.1, -0.05) is 18.2 Å². The summed E-state index contributed by atoms with van der Waals surface area (Å²) in [5.41, 5.74) is 6.37. The highest BCUT2D eigenvalue weighted by Crippen LogP contribution is 2.15. The molecule has 1 aliphatic heterocycles. The highest BCUT2D eigenvalue weighted by molar-refractivity contribution is 7.92. The summed E-state index contributed by atoms with van der Waals surface area (Å²) in [5, 5.41) is 0. The zero-order valence-corrected chi connectivity index (χ0v) is 12.8. The molecule has 0 aromatic heterocycles. The first-order chi connectivity index (χ1) is 10.0. The molecule has 0 bridgehead atoms. The van der Waals surface area contributed by atoms with E-state index in [-0.39, 0.29) is 18.2 Å². The Morgan fingerprint density at radius 1 is 1.10 bits per heavy atom. The molecule has 1 fully saturated rings. The third kappa shape index (κ3) is 4.44. The first-order valence-electron chi connectivity index (χ1n) is 7.00. The summed E-state index contributed by atoms with van der Waals surface area (Å²) in [4.78, 5) is 15.8. The van der Waals surface area contributed by atoms with Crippen LogP contribution in [0.25, 0.3) is 0 Å². The van der Waals surface area contributed by atoms with Gasteiger partial charge in [0.05, 0.1) is 5.75 Å². The predicted octanol–water partition coefficient (Wildman–Crippen LogP) is -0.291. The third-order valence-electron chi connectivity index (χ3n) is 3.53. The van der Waals surface area contributed by atoms with Gasteiger partial charge >= 0.3 is 0 Å². The normalized spacial score (nSPS) is 16.0. The molecule has 1 aromatic carbocycles. The van der Waals surface area contributed by atoms with Crippen molar-refractivity contribution < 1.29 is 13.2 Å². The van der Waals surface area contributed by atoms with E-state index in [0.717, 1.165) is 5.69 Å². The van der Waals surface area contributed by atoms with Crippen LogP contribution in [-0.4, -0.2) is 63.5 Å². The minimum atomic E-state index is -3.38. The average Bonchev–Trinajstić information content (AvgIpc) is 2.48. The van der Waals surface area contributed by atoms with Crippen molar-refractivity contribution in [1.29, 1.82) is 0 Å². The maximum Gasteiger partial charge on any atom is 0.237 e. The van der Waals surface area contributed by atoms with Crippen LogP contribution in [0.2, 0.25) is 0 Å². The molecule has 0 saturated carbocycles. The number of rotatable bonds is 5. The van der Waals surface area contributed by atoms with E-state index in [4.69, 9.17) is 5.73 Å². The molecule has 1 aromatic rings. The number of hydrogen-bond donors (Lipinski definition) is 1. The molecule has 0 atom stereocenters. The third-order valence-corrected chi connectivity index (χ3v) is 5.07. The van der Waals surface area contributed by atoms with Gasteiger partial charge in [0.1, 0.15) is 5.75 Å². The van der Waals surface area contributed by atoms with Crippen LogP contribution in [0, 0.1) is 0 Å². The van der Waals surface area contributed by atoms with E-state index in [1.807, 2.05) is 30.3 Å². The predicted molar refractivity (Wildman–Crippen MR) is 82.9 cm³/mol. The van der Waals surface area contributed by atoms with E-state index in [9.17, 15) is 13.2 Å². The minimum Gasteiger partial charge on any atom is -0.368 e. The van der Waals surface area contributed by atoms with Gasteiger partial charge in [0.15, 0.2) is 9.84 Å². The van der Waals surface area contributed by atoms with Gasteiger partial charge in [-0.25, -0.2) is 8.42 Å². The Hall–Kier alpha value is -1.60. The minimum absolute atomic E-state index is 0.0530. The Balaban J connectivity index is 1.88. The van der Waals surface area contributed by atoms with Crippen LogP contribution in [-0.2, 0) is 14.6 Å². The van der Waals surface area contributed by atoms with Crippen molar-refractivity contribution in [3.8, 4) is 0 Å². The van der Waals surface area contributed by atoms with Gasteiger partial charge in [-0.3, -0.25) is 4.79 Å². The van der Waals surface area contributed by atoms with Crippen molar-refractivity contribution in [1.82, 2.24) is 4.90 Å². The van der Waals surface area contributed by atoms with Crippen LogP contribution in [0.5, 0.6) is 0 Å². The van der Waals surface area contributed by atoms with Gasteiger partial charge in [0, 0.05) is 38.4 Å². The molecule has 1 saturated heterocycles. The molecular weight excluding hydrogens is 290 g/mol. The average molecular weight is 311 g/mol. The van der Waals surface area contributed by atoms with E-state index in [2.05, 4.69) is 4.90 Å². The largest absolute Gasteiger partial charge is 0.368 e. The maximum absolute atomic E-state index is 12.0. The fourth-order valence-corrected chi connectivity index (χ4v) is 3.45. The van der Waals surface area contributed by atoms with Crippen LogP contribution < -0.4 is 10.6 Å². The van der Waals surface area contributed by atoms with Crippen molar-refractivity contribution in [2.75, 3.05) is 49.1 Å². The first kappa shape index (κ1) is 15.8. The molecule has 0 aliphatic carbocycles. The number of amides is 1. The lowest BCUT2D eigenvalue weighted by Crippen LogP contribution is -2.50. The van der Waals surface area contributed by atoms with Crippen molar-refractivity contribution in [3.05, 3.63) is 30.3 Å². The second kappa shape index (κ2) is 6.91. The number of sulfone groups is 1. The Bertz CT molecular complexity index is 566. The van der Waals surface area contributed by atoms with Crippen molar-refractivity contribution in [3.63, 3.8) is 0 Å². The summed E-state index contributed by atoms with van der Waals surface area (Å²) < 4.78 is 23.3. The smallest absolute Gasteiger partial charge is 0.237 e. The second-order valence-corrected chi connectivity index (χ2v) is 7.27. The van der Waals surface area contributed by atoms with Crippen molar-refractivity contribution in [2.24, 2.45) is 5.73 Å². The standard InChI is InChI=1S/C14H21N3O3S/c15-6-11-21(19,20)12-14(18)17-9-7-16(8-10-17)13-4-2-1-3-5-13/h1-5H,6-12,15H2. The van der Waals surface area contributed by atoms with E-state index in [0.29, 0.717) is 26.2 Å². The fraction of sp³-hybridized carbons (Fsp3) is 0.500. The van der Waals surface area contributed by atoms with Gasteiger partial charge in [-0.05, 0) is 12.1 Å². The van der Waals surface area contributed by atoms with Crippen molar-refractivity contribution in [2.45, 2.75) is 0 Å². The summed E-state index contributed by atoms with van der Waals surface area (Å²) in [7, 11) is -3.38. The quantitative estimate of drug-likeness (QED) is 0.808. The summed E-state index contributed by atoms with van der Waals surface area (Å²) in [6, 6.07) is 9.98. The molecule has 0 unspecified atom stereocenters. The molecule has 1 heterocycles. The highest BCUT2D eigenvalue weighted by atomic mass is 32.2. The Morgan fingerprint density at radius 3 is 2.29 bits per heavy atom. The van der Waals surface area contributed by atoms with E-state index in [1.165, 1.54) is 0 Å². The van der Waals surface area contributed by atoms with Gasteiger partial charge in [0.2, 0.25) is 5.91 Å². The Morgan fingerprint density at radius 2 is 1.71 bits per heavy atom.